The summed E-state index contributed by atoms with van der Waals surface area (Å²) < 4.78 is 0. The van der Waals surface area contributed by atoms with Gasteiger partial charge >= 0.3 is 0 Å². The van der Waals surface area contributed by atoms with E-state index in [9.17, 15) is 9.59 Å². The molecule has 0 spiro atoms. The van der Waals surface area contributed by atoms with E-state index in [4.69, 9.17) is 0 Å². The normalized spacial score (nSPS) is 14.5. The van der Waals surface area contributed by atoms with Crippen molar-refractivity contribution in [2.45, 2.75) is 25.8 Å². The molecule has 0 aliphatic carbocycles. The Morgan fingerprint density at radius 3 is 2.57 bits per heavy atom. The number of H-pyrrole nitrogens is 1. The molecule has 0 unspecified atom stereocenters. The first-order valence-corrected chi connectivity index (χ1v) is 10.2. The maximum absolute atomic E-state index is 13.0. The third-order valence-electron chi connectivity index (χ3n) is 5.51. The molecule has 154 valence electrons. The lowest BCUT2D eigenvalue weighted by atomic mass is 9.90. The van der Waals surface area contributed by atoms with E-state index in [1.165, 1.54) is 11.9 Å². The van der Waals surface area contributed by atoms with Gasteiger partial charge in [-0.05, 0) is 42.4 Å². The smallest absolute Gasteiger partial charge is 0.272 e. The van der Waals surface area contributed by atoms with Crippen LogP contribution in [0.15, 0.2) is 61.2 Å². The molecule has 1 aliphatic heterocycles. The molecule has 7 heteroatoms. The third kappa shape index (κ3) is 4.74. The highest BCUT2D eigenvalue weighted by molar-refractivity contribution is 6.04. The van der Waals surface area contributed by atoms with Crippen LogP contribution in [0.3, 0.4) is 0 Å². The predicted molar refractivity (Wildman–Crippen MR) is 113 cm³/mol. The van der Waals surface area contributed by atoms with Crippen molar-refractivity contribution in [1.29, 1.82) is 0 Å². The summed E-state index contributed by atoms with van der Waals surface area (Å²) in [5.41, 5.74) is 2.61. The molecule has 2 aromatic heterocycles. The number of piperidine rings is 1. The lowest BCUT2D eigenvalue weighted by molar-refractivity contribution is 0.0680. The zero-order valence-corrected chi connectivity index (χ0v) is 16.8. The van der Waals surface area contributed by atoms with Crippen molar-refractivity contribution in [2.24, 2.45) is 5.92 Å². The van der Waals surface area contributed by atoms with Gasteiger partial charge in [-0.3, -0.25) is 14.6 Å². The highest BCUT2D eigenvalue weighted by Crippen LogP contribution is 2.23. The van der Waals surface area contributed by atoms with Crippen LogP contribution in [0.5, 0.6) is 0 Å². The van der Waals surface area contributed by atoms with Crippen LogP contribution in [0.2, 0.25) is 0 Å². The molecule has 4 rings (SSSR count). The fourth-order valence-corrected chi connectivity index (χ4v) is 3.84. The van der Waals surface area contributed by atoms with Gasteiger partial charge in [0, 0.05) is 32.0 Å². The number of aromatic nitrogens is 3. The van der Waals surface area contributed by atoms with Gasteiger partial charge < -0.3 is 15.2 Å². The van der Waals surface area contributed by atoms with Crippen LogP contribution in [0.25, 0.3) is 0 Å². The molecule has 2 N–H and O–H groups in total. The van der Waals surface area contributed by atoms with Crippen LogP contribution in [-0.4, -0.2) is 44.8 Å². The van der Waals surface area contributed by atoms with Crippen molar-refractivity contribution in [3.63, 3.8) is 0 Å². The molecule has 0 bridgehead atoms. The summed E-state index contributed by atoms with van der Waals surface area (Å²) in [6.07, 6.45) is 7.72. The van der Waals surface area contributed by atoms with Gasteiger partial charge in [0.25, 0.3) is 11.8 Å². The number of pyridine rings is 1. The minimum Gasteiger partial charge on any atom is -0.346 e. The van der Waals surface area contributed by atoms with E-state index in [1.54, 1.807) is 12.4 Å². The first-order chi connectivity index (χ1) is 14.7. The number of nitrogens with zero attached hydrogens (tertiary/aromatic N) is 3. The number of carbonyl (C=O) groups excluding carboxylic acids is 2. The van der Waals surface area contributed by atoms with E-state index in [1.807, 2.05) is 23.1 Å². The second-order valence-corrected chi connectivity index (χ2v) is 7.60. The van der Waals surface area contributed by atoms with Gasteiger partial charge in [0.2, 0.25) is 0 Å². The summed E-state index contributed by atoms with van der Waals surface area (Å²) in [6.45, 7) is 1.70. The molecule has 1 aromatic carbocycles. The lowest BCUT2D eigenvalue weighted by Gasteiger charge is -2.32. The molecule has 0 radical (unpaired) electrons. The predicted octanol–water partition coefficient (Wildman–Crippen LogP) is 2.83. The van der Waals surface area contributed by atoms with Gasteiger partial charge in [0.05, 0.1) is 6.33 Å². The molecule has 3 aromatic rings. The van der Waals surface area contributed by atoms with Crippen molar-refractivity contribution in [2.75, 3.05) is 13.1 Å². The number of amides is 2. The molecule has 1 fully saturated rings. The number of benzene rings is 1. The average molecular weight is 403 g/mol. The summed E-state index contributed by atoms with van der Waals surface area (Å²) in [4.78, 5) is 38.3. The van der Waals surface area contributed by atoms with Crippen LogP contribution in [0, 0.1) is 5.92 Å². The van der Waals surface area contributed by atoms with E-state index in [0.717, 1.165) is 24.8 Å². The maximum Gasteiger partial charge on any atom is 0.272 e. The van der Waals surface area contributed by atoms with E-state index in [2.05, 4.69) is 44.5 Å². The topological polar surface area (TPSA) is 91.0 Å². The second-order valence-electron chi connectivity index (χ2n) is 7.60. The van der Waals surface area contributed by atoms with Crippen molar-refractivity contribution in [3.05, 3.63) is 83.7 Å². The molecule has 3 heterocycles. The number of hydrogen-bond acceptors (Lipinski definition) is 4. The van der Waals surface area contributed by atoms with Crippen molar-refractivity contribution < 1.29 is 9.59 Å². The summed E-state index contributed by atoms with van der Waals surface area (Å²) in [6, 6.07) is 14.1. The minimum absolute atomic E-state index is 0.135. The highest BCUT2D eigenvalue weighted by Gasteiger charge is 2.28. The molecule has 0 atom stereocenters. The van der Waals surface area contributed by atoms with Crippen molar-refractivity contribution in [1.82, 2.24) is 25.2 Å². The Balaban J connectivity index is 1.33. The number of likely N-dealkylation sites (tertiary alicyclic amines) is 1. The fraction of sp³-hybridized carbons (Fsp3) is 0.304. The van der Waals surface area contributed by atoms with Gasteiger partial charge in [-0.15, -0.1) is 0 Å². The Hall–Kier alpha value is -3.48. The molecule has 7 nitrogen and oxygen atoms in total. The number of imidazole rings is 1. The molecule has 30 heavy (non-hydrogen) atoms. The van der Waals surface area contributed by atoms with Crippen LogP contribution < -0.4 is 5.32 Å². The van der Waals surface area contributed by atoms with Gasteiger partial charge in [-0.2, -0.15) is 0 Å². The van der Waals surface area contributed by atoms with Crippen molar-refractivity contribution in [3.8, 4) is 0 Å². The number of rotatable bonds is 6. The Bertz CT molecular complexity index is 979. The zero-order chi connectivity index (χ0) is 20.8. The van der Waals surface area contributed by atoms with E-state index >= 15 is 0 Å². The summed E-state index contributed by atoms with van der Waals surface area (Å²) in [7, 11) is 0. The third-order valence-corrected chi connectivity index (χ3v) is 5.51. The minimum atomic E-state index is -0.373. The van der Waals surface area contributed by atoms with Gasteiger partial charge in [0.15, 0.2) is 5.69 Å². The maximum atomic E-state index is 13.0. The van der Waals surface area contributed by atoms with Gasteiger partial charge in [-0.25, -0.2) is 4.98 Å². The Morgan fingerprint density at radius 1 is 1.07 bits per heavy atom. The quantitative estimate of drug-likeness (QED) is 0.662. The van der Waals surface area contributed by atoms with E-state index in [-0.39, 0.29) is 23.2 Å². The van der Waals surface area contributed by atoms with Crippen LogP contribution >= 0.6 is 0 Å². The summed E-state index contributed by atoms with van der Waals surface area (Å²) >= 11 is 0. The standard InChI is InChI=1S/C23H25N5O2/c29-22(25-15-19-7-4-10-24-14-19)20-21(27-16-26-20)23(30)28-11-8-18(9-12-28)13-17-5-2-1-3-6-17/h1-7,10,14,16,18H,8-9,11-13,15H2,(H,25,29)(H,26,27). The average Bonchev–Trinajstić information content (AvgIpc) is 3.29. The fourth-order valence-electron chi connectivity index (χ4n) is 3.84. The Labute approximate surface area is 175 Å². The molecular formula is C23H25N5O2. The summed E-state index contributed by atoms with van der Waals surface area (Å²) in [5, 5.41) is 2.80. The highest BCUT2D eigenvalue weighted by atomic mass is 16.2. The van der Waals surface area contributed by atoms with Gasteiger partial charge in [0.1, 0.15) is 5.69 Å². The molecule has 0 saturated carbocycles. The zero-order valence-electron chi connectivity index (χ0n) is 16.8. The lowest BCUT2D eigenvalue weighted by Crippen LogP contribution is -2.40. The Kier molecular flexibility index (Phi) is 6.17. The number of hydrogen-bond donors (Lipinski definition) is 2. The first kappa shape index (κ1) is 19.8. The SMILES string of the molecule is O=C(NCc1cccnc1)c1nc[nH]c1C(=O)N1CCC(Cc2ccccc2)CC1. The first-order valence-electron chi connectivity index (χ1n) is 10.2. The second kappa shape index (κ2) is 9.35. The van der Waals surface area contributed by atoms with Crippen LogP contribution in [0.4, 0.5) is 0 Å². The molecule has 1 saturated heterocycles. The van der Waals surface area contributed by atoms with Crippen molar-refractivity contribution >= 4 is 11.8 Å². The largest absolute Gasteiger partial charge is 0.346 e. The number of carbonyl (C=O) groups is 2. The summed E-state index contributed by atoms with van der Waals surface area (Å²) in [5.74, 6) is 0.0278. The van der Waals surface area contributed by atoms with E-state index in [0.29, 0.717) is 25.6 Å². The molecule has 1 aliphatic rings. The van der Waals surface area contributed by atoms with E-state index < -0.39 is 0 Å². The molecule has 2 amide bonds. The van der Waals surface area contributed by atoms with Crippen LogP contribution in [0.1, 0.15) is 44.9 Å². The monoisotopic (exact) mass is 403 g/mol. The van der Waals surface area contributed by atoms with Gasteiger partial charge in [-0.1, -0.05) is 36.4 Å². The molecular weight excluding hydrogens is 378 g/mol. The number of nitrogens with one attached hydrogen (secondary N) is 2. The number of aromatic amines is 1. The van der Waals surface area contributed by atoms with Crippen LogP contribution in [-0.2, 0) is 13.0 Å². The Morgan fingerprint density at radius 2 is 1.83 bits per heavy atom.